The summed E-state index contributed by atoms with van der Waals surface area (Å²) in [6.07, 6.45) is 0. The van der Waals surface area contributed by atoms with Gasteiger partial charge in [-0.15, -0.1) is 11.3 Å². The lowest BCUT2D eigenvalue weighted by Gasteiger charge is -2.32. The predicted molar refractivity (Wildman–Crippen MR) is 80.4 cm³/mol. The first-order valence-electron chi connectivity index (χ1n) is 6.11. The van der Waals surface area contributed by atoms with Crippen LogP contribution >= 0.6 is 27.3 Å². The zero-order chi connectivity index (χ0) is 14.9. The number of carbonyl (C=O) groups excluding carboxylic acids is 2. The van der Waals surface area contributed by atoms with Crippen LogP contribution < -0.4 is 5.32 Å². The Morgan fingerprint density at radius 2 is 2.30 bits per heavy atom. The summed E-state index contributed by atoms with van der Waals surface area (Å²) in [4.78, 5) is 26.4. The van der Waals surface area contributed by atoms with Gasteiger partial charge in [0, 0.05) is 27.5 Å². The lowest BCUT2D eigenvalue weighted by Crippen LogP contribution is -2.46. The van der Waals surface area contributed by atoms with E-state index in [1.165, 1.54) is 16.2 Å². The van der Waals surface area contributed by atoms with Crippen LogP contribution in [0.25, 0.3) is 0 Å². The minimum atomic E-state index is -0.464. The smallest absolute Gasteiger partial charge is 0.338 e. The Hall–Kier alpha value is -1.34. The molecule has 0 saturated heterocycles. The summed E-state index contributed by atoms with van der Waals surface area (Å²) in [5.41, 5.74) is 1.09. The molecule has 1 aliphatic rings. The van der Waals surface area contributed by atoms with Gasteiger partial charge in [0.2, 0.25) is 0 Å². The number of nitrogens with one attached hydrogen (secondary N) is 1. The van der Waals surface area contributed by atoms with E-state index < -0.39 is 12.0 Å². The second-order valence-corrected chi connectivity index (χ2v) is 6.19. The molecule has 108 valence electrons. The van der Waals surface area contributed by atoms with Gasteiger partial charge >= 0.3 is 12.0 Å². The second kappa shape index (κ2) is 5.97. The van der Waals surface area contributed by atoms with Gasteiger partial charge in [-0.2, -0.15) is 0 Å². The summed E-state index contributed by atoms with van der Waals surface area (Å²) < 4.78 is 6.03. The van der Waals surface area contributed by atoms with E-state index >= 15 is 0 Å². The minimum absolute atomic E-state index is 0.231. The molecule has 2 heterocycles. The molecule has 0 aliphatic carbocycles. The molecule has 5 nitrogen and oxygen atoms in total. The fourth-order valence-electron chi connectivity index (χ4n) is 2.00. The third-order valence-electron chi connectivity index (χ3n) is 3.12. The zero-order valence-electron chi connectivity index (χ0n) is 11.4. The maximum Gasteiger partial charge on any atom is 0.338 e. The first kappa shape index (κ1) is 15.1. The van der Waals surface area contributed by atoms with Crippen molar-refractivity contribution in [3.8, 4) is 0 Å². The van der Waals surface area contributed by atoms with Gasteiger partial charge in [0.1, 0.15) is 0 Å². The van der Waals surface area contributed by atoms with Crippen LogP contribution in [-0.4, -0.2) is 30.6 Å². The van der Waals surface area contributed by atoms with Crippen molar-refractivity contribution in [2.24, 2.45) is 0 Å². The normalized spacial score (nSPS) is 19.1. The van der Waals surface area contributed by atoms with Crippen LogP contribution in [-0.2, 0) is 9.53 Å². The third kappa shape index (κ3) is 2.73. The van der Waals surface area contributed by atoms with Gasteiger partial charge < -0.3 is 15.0 Å². The Morgan fingerprint density at radius 1 is 1.60 bits per heavy atom. The van der Waals surface area contributed by atoms with Crippen molar-refractivity contribution in [1.82, 2.24) is 10.2 Å². The van der Waals surface area contributed by atoms with Crippen molar-refractivity contribution >= 4 is 39.3 Å². The van der Waals surface area contributed by atoms with Crippen LogP contribution in [0.5, 0.6) is 0 Å². The third-order valence-corrected chi connectivity index (χ3v) is 4.88. The monoisotopic (exact) mass is 358 g/mol. The Labute approximate surface area is 129 Å². The van der Waals surface area contributed by atoms with E-state index in [1.807, 2.05) is 11.4 Å². The van der Waals surface area contributed by atoms with Gasteiger partial charge in [0.15, 0.2) is 0 Å². The fraction of sp³-hybridized carbons (Fsp3) is 0.385. The number of allylic oxidation sites excluding steroid dienone is 1. The highest BCUT2D eigenvalue weighted by molar-refractivity contribution is 9.10. The molecule has 0 fully saturated rings. The summed E-state index contributed by atoms with van der Waals surface area (Å²) in [6, 6.07) is 1.20. The van der Waals surface area contributed by atoms with E-state index in [4.69, 9.17) is 4.74 Å². The molecule has 1 atom stereocenters. The zero-order valence-corrected chi connectivity index (χ0v) is 13.8. The summed E-state index contributed by atoms with van der Waals surface area (Å²) >= 11 is 4.86. The van der Waals surface area contributed by atoms with Crippen molar-refractivity contribution in [2.75, 3.05) is 13.7 Å². The molecular formula is C13H15BrN2O3S. The van der Waals surface area contributed by atoms with Gasteiger partial charge in [-0.3, -0.25) is 0 Å². The van der Waals surface area contributed by atoms with Crippen LogP contribution in [0.15, 0.2) is 27.2 Å². The number of thiophene rings is 1. The lowest BCUT2D eigenvalue weighted by molar-refractivity contribution is -0.139. The molecule has 1 aliphatic heterocycles. The number of hydrogen-bond acceptors (Lipinski definition) is 4. The van der Waals surface area contributed by atoms with E-state index in [0.29, 0.717) is 17.9 Å². The first-order valence-corrected chi connectivity index (χ1v) is 7.79. The quantitative estimate of drug-likeness (QED) is 0.844. The number of nitrogens with zero attached hydrogens (tertiary/aromatic N) is 1. The van der Waals surface area contributed by atoms with Crippen molar-refractivity contribution < 1.29 is 14.3 Å². The standard InChI is InChI=1S/C13H15BrN2O3S/c1-4-19-12(17)10-7(2)16(3)13(18)15-11(10)9-5-8(14)6-20-9/h5-6,11H,4H2,1-3H3,(H,15,18)/t11-/m1/s1. The number of halogens is 1. The van der Waals surface area contributed by atoms with Gasteiger partial charge in [-0.05, 0) is 35.8 Å². The Balaban J connectivity index is 2.47. The fourth-order valence-corrected chi connectivity index (χ4v) is 3.50. The largest absolute Gasteiger partial charge is 0.463 e. The van der Waals surface area contributed by atoms with E-state index in [0.717, 1.165) is 9.35 Å². The molecule has 0 saturated carbocycles. The summed E-state index contributed by atoms with van der Waals surface area (Å²) in [5.74, 6) is -0.397. The number of esters is 1. The van der Waals surface area contributed by atoms with Crippen molar-refractivity contribution in [3.05, 3.63) is 32.1 Å². The van der Waals surface area contributed by atoms with E-state index in [-0.39, 0.29) is 6.03 Å². The van der Waals surface area contributed by atoms with E-state index in [9.17, 15) is 9.59 Å². The van der Waals surface area contributed by atoms with E-state index in [1.54, 1.807) is 20.9 Å². The molecule has 0 radical (unpaired) electrons. The highest BCUT2D eigenvalue weighted by Gasteiger charge is 2.35. The highest BCUT2D eigenvalue weighted by Crippen LogP contribution is 2.35. The number of rotatable bonds is 3. The first-order chi connectivity index (χ1) is 9.45. The number of amides is 2. The molecule has 2 rings (SSSR count). The molecule has 1 N–H and O–H groups in total. The number of carbonyl (C=O) groups is 2. The van der Waals surface area contributed by atoms with Gasteiger partial charge in [0.25, 0.3) is 0 Å². The topological polar surface area (TPSA) is 58.6 Å². The average molecular weight is 359 g/mol. The van der Waals surface area contributed by atoms with Crippen molar-refractivity contribution in [1.29, 1.82) is 0 Å². The molecule has 7 heteroatoms. The molecule has 2 amide bonds. The molecule has 1 aromatic rings. The Bertz CT molecular complexity index is 582. The Kier molecular flexibility index (Phi) is 4.49. The average Bonchev–Trinajstić information content (AvgIpc) is 2.82. The summed E-state index contributed by atoms with van der Waals surface area (Å²) in [6.45, 7) is 3.81. The minimum Gasteiger partial charge on any atom is -0.463 e. The van der Waals surface area contributed by atoms with Gasteiger partial charge in [-0.1, -0.05) is 0 Å². The lowest BCUT2D eigenvalue weighted by atomic mass is 10.0. The van der Waals surface area contributed by atoms with Crippen LogP contribution in [0.2, 0.25) is 0 Å². The molecule has 0 bridgehead atoms. The predicted octanol–water partition coefficient (Wildman–Crippen LogP) is 3.04. The van der Waals surface area contributed by atoms with Gasteiger partial charge in [0.05, 0.1) is 18.2 Å². The van der Waals surface area contributed by atoms with Gasteiger partial charge in [-0.25, -0.2) is 9.59 Å². The second-order valence-electron chi connectivity index (χ2n) is 4.33. The SMILES string of the molecule is CCOC(=O)C1=C(C)N(C)C(=O)N[C@@H]1c1cc(Br)cs1. The van der Waals surface area contributed by atoms with Crippen LogP contribution in [0.4, 0.5) is 4.79 Å². The molecule has 0 unspecified atom stereocenters. The maximum atomic E-state index is 12.2. The van der Waals surface area contributed by atoms with Crippen LogP contribution in [0.1, 0.15) is 24.8 Å². The summed E-state index contributed by atoms with van der Waals surface area (Å²) in [5, 5.41) is 4.75. The van der Waals surface area contributed by atoms with Crippen molar-refractivity contribution in [2.45, 2.75) is 19.9 Å². The van der Waals surface area contributed by atoms with Crippen molar-refractivity contribution in [3.63, 3.8) is 0 Å². The van der Waals surface area contributed by atoms with Crippen LogP contribution in [0.3, 0.4) is 0 Å². The maximum absolute atomic E-state index is 12.2. The van der Waals surface area contributed by atoms with Crippen LogP contribution in [0, 0.1) is 0 Å². The highest BCUT2D eigenvalue weighted by atomic mass is 79.9. The Morgan fingerprint density at radius 3 is 2.85 bits per heavy atom. The summed E-state index contributed by atoms with van der Waals surface area (Å²) in [7, 11) is 1.63. The number of ether oxygens (including phenoxy) is 1. The molecular weight excluding hydrogens is 344 g/mol. The molecule has 0 spiro atoms. The van der Waals surface area contributed by atoms with E-state index in [2.05, 4.69) is 21.2 Å². The number of urea groups is 1. The number of hydrogen-bond donors (Lipinski definition) is 1. The molecule has 1 aromatic heterocycles. The molecule has 20 heavy (non-hydrogen) atoms. The molecule has 0 aromatic carbocycles.